The summed E-state index contributed by atoms with van der Waals surface area (Å²) in [6, 6.07) is 10.3. The Hall–Kier alpha value is -3.10. The zero-order chi connectivity index (χ0) is 19.2. The first-order chi connectivity index (χ1) is 12.3. The maximum absolute atomic E-state index is 12.5. The average Bonchev–Trinajstić information content (AvgIpc) is 2.60. The highest BCUT2D eigenvalue weighted by Gasteiger charge is 2.29. The van der Waals surface area contributed by atoms with Crippen molar-refractivity contribution in [1.82, 2.24) is 5.32 Å². The second-order valence-electron chi connectivity index (χ2n) is 5.31. The van der Waals surface area contributed by atoms with Crippen LogP contribution in [0.1, 0.15) is 11.1 Å². The van der Waals surface area contributed by atoms with E-state index in [0.29, 0.717) is 12.0 Å². The molecule has 0 radical (unpaired) electrons. The van der Waals surface area contributed by atoms with Gasteiger partial charge < -0.3 is 10.1 Å². The molecular weight excluding hydrogens is 353 g/mol. The summed E-state index contributed by atoms with van der Waals surface area (Å²) in [4.78, 5) is 21.9. The Morgan fingerprint density at radius 1 is 1.12 bits per heavy atom. The third-order valence-corrected chi connectivity index (χ3v) is 3.44. The summed E-state index contributed by atoms with van der Waals surface area (Å²) in [5.74, 6) is -0.509. The van der Waals surface area contributed by atoms with Gasteiger partial charge in [0, 0.05) is 12.6 Å². The van der Waals surface area contributed by atoms with Crippen LogP contribution in [0.3, 0.4) is 0 Å². The van der Waals surface area contributed by atoms with Gasteiger partial charge in [-0.25, -0.2) is 0 Å². The minimum absolute atomic E-state index is 0.0182. The number of halogens is 3. The van der Waals surface area contributed by atoms with Gasteiger partial charge in [0.1, 0.15) is 0 Å². The van der Waals surface area contributed by atoms with Crippen LogP contribution in [0.5, 0.6) is 5.75 Å². The number of nitro groups is 1. The minimum atomic E-state index is -4.38. The number of carbonyl (C=O) groups excluding carboxylic acids is 1. The van der Waals surface area contributed by atoms with Crippen molar-refractivity contribution in [3.05, 3.63) is 69.8 Å². The van der Waals surface area contributed by atoms with Crippen LogP contribution in [0.2, 0.25) is 0 Å². The van der Waals surface area contributed by atoms with E-state index in [0.717, 1.165) is 12.1 Å². The van der Waals surface area contributed by atoms with Crippen LogP contribution in [0, 0.1) is 10.1 Å². The number of nitro benzene ring substituents is 1. The summed E-state index contributed by atoms with van der Waals surface area (Å²) in [6.07, 6.45) is -4.04. The topological polar surface area (TPSA) is 81.5 Å². The van der Waals surface area contributed by atoms with Gasteiger partial charge in [0.15, 0.2) is 12.4 Å². The SMILES string of the molecule is O=C(COc1ccccc1[N+](=O)[O-])NCCc1ccc(C(F)(F)F)cc1. The quantitative estimate of drug-likeness (QED) is 0.600. The van der Waals surface area contributed by atoms with E-state index in [4.69, 9.17) is 4.74 Å². The van der Waals surface area contributed by atoms with Crippen LogP contribution in [0.25, 0.3) is 0 Å². The maximum Gasteiger partial charge on any atom is 0.416 e. The normalized spacial score (nSPS) is 11.0. The van der Waals surface area contributed by atoms with Crippen molar-refractivity contribution in [2.75, 3.05) is 13.2 Å². The molecule has 2 aromatic rings. The molecule has 0 heterocycles. The highest BCUT2D eigenvalue weighted by atomic mass is 19.4. The molecular formula is C17H15F3N2O4. The van der Waals surface area contributed by atoms with Crippen molar-refractivity contribution >= 4 is 11.6 Å². The third kappa shape index (κ3) is 5.47. The van der Waals surface area contributed by atoms with Gasteiger partial charge in [0.05, 0.1) is 10.5 Å². The van der Waals surface area contributed by atoms with Crippen LogP contribution >= 0.6 is 0 Å². The van der Waals surface area contributed by atoms with Crippen LogP contribution in [-0.4, -0.2) is 24.0 Å². The van der Waals surface area contributed by atoms with Gasteiger partial charge in [-0.3, -0.25) is 14.9 Å². The van der Waals surface area contributed by atoms with Crippen LogP contribution in [0.15, 0.2) is 48.5 Å². The minimum Gasteiger partial charge on any atom is -0.477 e. The Morgan fingerprint density at radius 2 is 1.77 bits per heavy atom. The van der Waals surface area contributed by atoms with Crippen molar-refractivity contribution in [3.8, 4) is 5.75 Å². The van der Waals surface area contributed by atoms with Crippen LogP contribution in [-0.2, 0) is 17.4 Å². The Morgan fingerprint density at radius 3 is 2.38 bits per heavy atom. The summed E-state index contributed by atoms with van der Waals surface area (Å²) in [5.41, 5.74) is -0.342. The fourth-order valence-electron chi connectivity index (χ4n) is 2.13. The molecule has 9 heteroatoms. The van der Waals surface area contributed by atoms with Gasteiger partial charge in [0.25, 0.3) is 5.91 Å². The molecule has 2 aromatic carbocycles. The lowest BCUT2D eigenvalue weighted by Crippen LogP contribution is -2.30. The lowest BCUT2D eigenvalue weighted by atomic mass is 10.1. The number of para-hydroxylation sites is 2. The predicted molar refractivity (Wildman–Crippen MR) is 86.7 cm³/mol. The van der Waals surface area contributed by atoms with Gasteiger partial charge in [-0.15, -0.1) is 0 Å². The van der Waals surface area contributed by atoms with Gasteiger partial charge in [-0.05, 0) is 30.2 Å². The smallest absolute Gasteiger partial charge is 0.416 e. The molecule has 0 bridgehead atoms. The first-order valence-corrected chi connectivity index (χ1v) is 7.56. The number of nitrogens with one attached hydrogen (secondary N) is 1. The van der Waals surface area contributed by atoms with E-state index in [2.05, 4.69) is 5.32 Å². The summed E-state index contributed by atoms with van der Waals surface area (Å²) in [6.45, 7) is -0.206. The number of rotatable bonds is 7. The summed E-state index contributed by atoms with van der Waals surface area (Å²) in [7, 11) is 0. The second-order valence-corrected chi connectivity index (χ2v) is 5.31. The van der Waals surface area contributed by atoms with Crippen LogP contribution < -0.4 is 10.1 Å². The molecule has 0 atom stereocenters. The van der Waals surface area contributed by atoms with Crippen molar-refractivity contribution in [2.45, 2.75) is 12.6 Å². The second kappa shape index (κ2) is 8.32. The van der Waals surface area contributed by atoms with Gasteiger partial charge in [-0.1, -0.05) is 24.3 Å². The predicted octanol–water partition coefficient (Wildman–Crippen LogP) is 3.35. The monoisotopic (exact) mass is 368 g/mol. The number of alkyl halides is 3. The fourth-order valence-corrected chi connectivity index (χ4v) is 2.13. The molecule has 0 aliphatic rings. The van der Waals surface area contributed by atoms with Crippen molar-refractivity contribution in [3.63, 3.8) is 0 Å². The number of hydrogen-bond acceptors (Lipinski definition) is 4. The molecule has 0 aliphatic heterocycles. The Kier molecular flexibility index (Phi) is 6.16. The molecule has 138 valence electrons. The number of nitrogens with zero attached hydrogens (tertiary/aromatic N) is 1. The fraction of sp³-hybridized carbons (Fsp3) is 0.235. The van der Waals surface area contributed by atoms with Crippen molar-refractivity contribution in [2.24, 2.45) is 0 Å². The molecule has 0 saturated carbocycles. The molecule has 0 fully saturated rings. The third-order valence-electron chi connectivity index (χ3n) is 3.44. The number of benzene rings is 2. The van der Waals surface area contributed by atoms with Gasteiger partial charge in [-0.2, -0.15) is 13.2 Å². The zero-order valence-electron chi connectivity index (χ0n) is 13.5. The lowest BCUT2D eigenvalue weighted by Gasteiger charge is -2.09. The van der Waals surface area contributed by atoms with E-state index in [1.54, 1.807) is 6.07 Å². The van der Waals surface area contributed by atoms with E-state index < -0.39 is 29.2 Å². The first-order valence-electron chi connectivity index (χ1n) is 7.56. The molecule has 0 spiro atoms. The number of amides is 1. The van der Waals surface area contributed by atoms with Crippen molar-refractivity contribution < 1.29 is 27.6 Å². The average molecular weight is 368 g/mol. The van der Waals surface area contributed by atoms with Gasteiger partial charge >= 0.3 is 11.9 Å². The maximum atomic E-state index is 12.5. The molecule has 1 N–H and O–H groups in total. The van der Waals surface area contributed by atoms with E-state index in [1.165, 1.54) is 30.3 Å². The molecule has 1 amide bonds. The van der Waals surface area contributed by atoms with E-state index in [-0.39, 0.29) is 18.0 Å². The van der Waals surface area contributed by atoms with Crippen LogP contribution in [0.4, 0.5) is 18.9 Å². The highest BCUT2D eigenvalue weighted by molar-refractivity contribution is 5.77. The molecule has 0 aliphatic carbocycles. The van der Waals surface area contributed by atoms with E-state index in [9.17, 15) is 28.1 Å². The molecule has 0 unspecified atom stereocenters. The summed E-state index contributed by atoms with van der Waals surface area (Å²) < 4.78 is 42.5. The molecule has 6 nitrogen and oxygen atoms in total. The van der Waals surface area contributed by atoms with Gasteiger partial charge in [0.2, 0.25) is 0 Å². The first kappa shape index (κ1) is 19.2. The van der Waals surface area contributed by atoms with E-state index >= 15 is 0 Å². The summed E-state index contributed by atoms with van der Waals surface area (Å²) >= 11 is 0. The molecule has 26 heavy (non-hydrogen) atoms. The Balaban J connectivity index is 1.78. The number of carbonyl (C=O) groups is 1. The zero-order valence-corrected chi connectivity index (χ0v) is 13.5. The molecule has 0 aromatic heterocycles. The highest BCUT2D eigenvalue weighted by Crippen LogP contribution is 2.29. The lowest BCUT2D eigenvalue weighted by molar-refractivity contribution is -0.385. The molecule has 0 saturated heterocycles. The van der Waals surface area contributed by atoms with Crippen molar-refractivity contribution in [1.29, 1.82) is 0 Å². The number of hydrogen-bond donors (Lipinski definition) is 1. The standard InChI is InChI=1S/C17H15F3N2O4/c18-17(19,20)13-7-5-12(6-8-13)9-10-21-16(23)11-26-15-4-2-1-3-14(15)22(24)25/h1-8H,9-11H2,(H,21,23). The summed E-state index contributed by atoms with van der Waals surface area (Å²) in [5, 5.41) is 13.4. The molecule has 2 rings (SSSR count). The Bertz CT molecular complexity index is 776. The number of ether oxygens (including phenoxy) is 1. The Labute approximate surface area is 146 Å². The largest absolute Gasteiger partial charge is 0.477 e. The van der Waals surface area contributed by atoms with E-state index in [1.807, 2.05) is 0 Å².